The Morgan fingerprint density at radius 3 is 2.56 bits per heavy atom. The van der Waals surface area contributed by atoms with E-state index in [1.165, 1.54) is 10.5 Å². The summed E-state index contributed by atoms with van der Waals surface area (Å²) in [6.07, 6.45) is -0.435. The van der Waals surface area contributed by atoms with Gasteiger partial charge in [-0.25, -0.2) is 4.98 Å². The molecule has 1 saturated carbocycles. The monoisotopic (exact) mass is 466 g/mol. The highest BCUT2D eigenvalue weighted by Gasteiger charge is 2.34. The second-order valence-corrected chi connectivity index (χ2v) is 8.20. The molecule has 32 heavy (non-hydrogen) atoms. The second-order valence-electron chi connectivity index (χ2n) is 7.79. The van der Waals surface area contributed by atoms with Crippen LogP contribution in [0.2, 0.25) is 5.02 Å². The van der Waals surface area contributed by atoms with Gasteiger partial charge in [-0.05, 0) is 62.1 Å². The van der Waals surface area contributed by atoms with Crippen LogP contribution in [0.1, 0.15) is 41.7 Å². The van der Waals surface area contributed by atoms with E-state index in [2.05, 4.69) is 15.6 Å². The van der Waals surface area contributed by atoms with Crippen molar-refractivity contribution in [2.24, 2.45) is 0 Å². The van der Waals surface area contributed by atoms with E-state index >= 15 is 0 Å². The number of hydrogen-bond donors (Lipinski definition) is 2. The first-order valence-electron chi connectivity index (χ1n) is 10.2. The van der Waals surface area contributed by atoms with E-state index in [1.807, 2.05) is 0 Å². The zero-order chi connectivity index (χ0) is 22.9. The number of rotatable bonds is 5. The normalized spacial score (nSPS) is 19.0. The van der Waals surface area contributed by atoms with Crippen molar-refractivity contribution in [3.8, 4) is 5.75 Å². The molecule has 0 radical (unpaired) electrons. The van der Waals surface area contributed by atoms with Crippen LogP contribution in [0.3, 0.4) is 0 Å². The van der Waals surface area contributed by atoms with Crippen LogP contribution < -0.4 is 15.4 Å². The van der Waals surface area contributed by atoms with E-state index in [0.29, 0.717) is 23.6 Å². The molecule has 1 amide bonds. The van der Waals surface area contributed by atoms with Gasteiger partial charge in [0.05, 0.1) is 12.1 Å². The Hall–Kier alpha value is -2.94. The predicted molar refractivity (Wildman–Crippen MR) is 115 cm³/mol. The van der Waals surface area contributed by atoms with Gasteiger partial charge in [0.2, 0.25) is 0 Å². The first kappa shape index (κ1) is 22.3. The minimum atomic E-state index is -4.56. The van der Waals surface area contributed by atoms with Crippen LogP contribution in [0.25, 0.3) is 5.65 Å². The van der Waals surface area contributed by atoms with Crippen molar-refractivity contribution in [1.29, 1.82) is 0 Å². The fraction of sp³-hybridized carbons (Fsp3) is 0.364. The molecular formula is C22H22ClF3N4O2. The number of nitrogens with one attached hydrogen (secondary N) is 2. The molecule has 0 saturated heterocycles. The number of benzene rings is 1. The Morgan fingerprint density at radius 1 is 1.16 bits per heavy atom. The van der Waals surface area contributed by atoms with Crippen LogP contribution in [0.5, 0.6) is 5.75 Å². The molecule has 170 valence electrons. The van der Waals surface area contributed by atoms with Gasteiger partial charge in [-0.3, -0.25) is 9.20 Å². The summed E-state index contributed by atoms with van der Waals surface area (Å²) in [4.78, 5) is 16.2. The molecule has 1 aliphatic rings. The number of fused-ring (bicyclic) bond motifs is 1. The summed E-state index contributed by atoms with van der Waals surface area (Å²) >= 11 is 6.06. The summed E-state index contributed by atoms with van der Waals surface area (Å²) in [5.74, 6) is 0.974. The molecule has 1 aliphatic carbocycles. The van der Waals surface area contributed by atoms with Crippen LogP contribution in [-0.4, -0.2) is 34.5 Å². The fourth-order valence-corrected chi connectivity index (χ4v) is 4.16. The number of pyridine rings is 1. The zero-order valence-electron chi connectivity index (χ0n) is 17.2. The van der Waals surface area contributed by atoms with Crippen molar-refractivity contribution < 1.29 is 22.7 Å². The van der Waals surface area contributed by atoms with E-state index in [4.69, 9.17) is 16.3 Å². The summed E-state index contributed by atoms with van der Waals surface area (Å²) in [5, 5.41) is 6.49. The molecule has 1 fully saturated rings. The summed E-state index contributed by atoms with van der Waals surface area (Å²) in [6, 6.07) is 9.95. The summed E-state index contributed by atoms with van der Waals surface area (Å²) in [6.45, 7) is 0. The Balaban J connectivity index is 1.46. The molecule has 4 rings (SSSR count). The number of methoxy groups -OCH3 is 1. The number of carbonyl (C=O) groups excluding carboxylic acids is 1. The number of aromatic nitrogens is 2. The van der Waals surface area contributed by atoms with E-state index in [9.17, 15) is 18.0 Å². The van der Waals surface area contributed by atoms with E-state index in [0.717, 1.165) is 25.5 Å². The molecule has 1 aromatic carbocycles. The van der Waals surface area contributed by atoms with Crippen LogP contribution in [0, 0.1) is 0 Å². The van der Waals surface area contributed by atoms with Gasteiger partial charge >= 0.3 is 6.18 Å². The molecule has 3 aromatic rings. The van der Waals surface area contributed by atoms with Gasteiger partial charge in [0.15, 0.2) is 11.3 Å². The van der Waals surface area contributed by atoms with Crippen molar-refractivity contribution in [2.75, 3.05) is 12.4 Å². The van der Waals surface area contributed by atoms with Crippen molar-refractivity contribution in [3.63, 3.8) is 0 Å². The van der Waals surface area contributed by atoms with Gasteiger partial charge in [0, 0.05) is 23.8 Å². The molecule has 0 bridgehead atoms. The zero-order valence-corrected chi connectivity index (χ0v) is 18.0. The van der Waals surface area contributed by atoms with E-state index < -0.39 is 11.9 Å². The third-order valence-corrected chi connectivity index (χ3v) is 5.87. The van der Waals surface area contributed by atoms with Crippen LogP contribution in [0.15, 0.2) is 42.6 Å². The predicted octanol–water partition coefficient (Wildman–Crippen LogP) is 5.17. The molecule has 6 nitrogen and oxygen atoms in total. The Kier molecular flexibility index (Phi) is 6.19. The Bertz CT molecular complexity index is 1110. The van der Waals surface area contributed by atoms with Gasteiger partial charge in [-0.15, -0.1) is 0 Å². The third-order valence-electron chi connectivity index (χ3n) is 5.57. The molecular weight excluding hydrogens is 445 g/mol. The highest BCUT2D eigenvalue weighted by molar-refractivity contribution is 6.33. The summed E-state index contributed by atoms with van der Waals surface area (Å²) in [5.41, 5.74) is -0.413. The molecule has 0 spiro atoms. The number of anilines is 1. The molecule has 0 aliphatic heterocycles. The molecule has 2 aromatic heterocycles. The van der Waals surface area contributed by atoms with Crippen molar-refractivity contribution >= 4 is 29.0 Å². The van der Waals surface area contributed by atoms with Crippen molar-refractivity contribution in [3.05, 3.63) is 58.9 Å². The number of alkyl halides is 3. The lowest BCUT2D eigenvalue weighted by Crippen LogP contribution is -2.42. The maximum atomic E-state index is 13.1. The molecule has 0 unspecified atom stereocenters. The lowest BCUT2D eigenvalue weighted by Gasteiger charge is -2.31. The maximum absolute atomic E-state index is 13.1. The van der Waals surface area contributed by atoms with Crippen molar-refractivity contribution in [2.45, 2.75) is 43.9 Å². The molecule has 2 heterocycles. The minimum absolute atomic E-state index is 0.0222. The van der Waals surface area contributed by atoms with Crippen LogP contribution in [0.4, 0.5) is 19.0 Å². The number of halogens is 4. The standard InChI is InChI=1S/C22H22ClF3N4O2/c1-32-16-7-5-13(6-8-16)21(31)28-15-4-2-3-14(11-15)27-19-10-9-17(23)20-29-18(12-30(19)20)22(24,25)26/h5-10,12,14-15,27H,2-4,11H2,1H3,(H,28,31)/t14-,15+/m0/s1. The quantitative estimate of drug-likeness (QED) is 0.544. The van der Waals surface area contributed by atoms with Gasteiger partial charge in [0.1, 0.15) is 11.6 Å². The lowest BCUT2D eigenvalue weighted by molar-refractivity contribution is -0.140. The fourth-order valence-electron chi connectivity index (χ4n) is 3.97. The Morgan fingerprint density at radius 2 is 1.88 bits per heavy atom. The molecule has 2 atom stereocenters. The van der Waals surface area contributed by atoms with Gasteiger partial charge in [-0.2, -0.15) is 13.2 Å². The highest BCUT2D eigenvalue weighted by atomic mass is 35.5. The van der Waals surface area contributed by atoms with Gasteiger partial charge < -0.3 is 15.4 Å². The number of imidazole rings is 1. The highest BCUT2D eigenvalue weighted by Crippen LogP contribution is 2.32. The van der Waals surface area contributed by atoms with E-state index in [1.54, 1.807) is 37.4 Å². The Labute approximate surface area is 187 Å². The second kappa shape index (κ2) is 8.90. The first-order valence-corrected chi connectivity index (χ1v) is 10.6. The largest absolute Gasteiger partial charge is 0.497 e. The third kappa shape index (κ3) is 4.77. The maximum Gasteiger partial charge on any atom is 0.434 e. The number of carbonyl (C=O) groups is 1. The topological polar surface area (TPSA) is 67.7 Å². The number of nitrogens with zero attached hydrogens (tertiary/aromatic N) is 2. The van der Waals surface area contributed by atoms with Crippen LogP contribution in [-0.2, 0) is 6.18 Å². The van der Waals surface area contributed by atoms with Crippen LogP contribution >= 0.6 is 11.6 Å². The average Bonchev–Trinajstić information content (AvgIpc) is 3.23. The lowest BCUT2D eigenvalue weighted by atomic mass is 9.90. The number of ether oxygens (including phenoxy) is 1. The first-order chi connectivity index (χ1) is 15.2. The smallest absolute Gasteiger partial charge is 0.434 e. The van der Waals surface area contributed by atoms with E-state index in [-0.39, 0.29) is 28.7 Å². The molecule has 2 N–H and O–H groups in total. The van der Waals surface area contributed by atoms with Gasteiger partial charge in [0.25, 0.3) is 5.91 Å². The van der Waals surface area contributed by atoms with Crippen molar-refractivity contribution in [1.82, 2.24) is 14.7 Å². The summed E-state index contributed by atoms with van der Waals surface area (Å²) in [7, 11) is 1.56. The number of hydrogen-bond acceptors (Lipinski definition) is 4. The SMILES string of the molecule is COc1ccc(C(=O)N[C@@H]2CCC[C@H](Nc3ccc(Cl)c4nc(C(F)(F)F)cn34)C2)cc1. The number of amides is 1. The average molecular weight is 467 g/mol. The van der Waals surface area contributed by atoms with Gasteiger partial charge in [-0.1, -0.05) is 11.6 Å². The molecule has 10 heteroatoms. The minimum Gasteiger partial charge on any atom is -0.497 e. The summed E-state index contributed by atoms with van der Waals surface area (Å²) < 4.78 is 45.8.